The lowest BCUT2D eigenvalue weighted by Gasteiger charge is -2.17. The van der Waals surface area contributed by atoms with Crippen LogP contribution < -0.4 is 10.1 Å². The minimum atomic E-state index is -0.197. The van der Waals surface area contributed by atoms with Gasteiger partial charge >= 0.3 is 5.97 Å². The maximum absolute atomic E-state index is 11.5. The van der Waals surface area contributed by atoms with Crippen molar-refractivity contribution in [1.82, 2.24) is 5.32 Å². The Hall–Kier alpha value is -1.55. The molecule has 2 unspecified atom stereocenters. The van der Waals surface area contributed by atoms with E-state index in [1.807, 2.05) is 38.1 Å². The van der Waals surface area contributed by atoms with Crippen LogP contribution in [-0.4, -0.2) is 25.2 Å². The number of nitrogens with one attached hydrogen (secondary N) is 1. The first-order valence-electron chi connectivity index (χ1n) is 6.20. The van der Waals surface area contributed by atoms with Crippen LogP contribution in [0.15, 0.2) is 24.3 Å². The fraction of sp³-hybridized carbons (Fsp3) is 0.500. The van der Waals surface area contributed by atoms with Gasteiger partial charge < -0.3 is 9.47 Å². The molecule has 98 valence electrons. The number of cyclic esters (lactones) is 1. The lowest BCUT2D eigenvalue weighted by atomic mass is 10.1. The molecular weight excluding hydrogens is 230 g/mol. The largest absolute Gasteiger partial charge is 0.497 e. The summed E-state index contributed by atoms with van der Waals surface area (Å²) in [6, 6.07) is 7.75. The van der Waals surface area contributed by atoms with Crippen molar-refractivity contribution >= 4 is 5.97 Å². The third-order valence-electron chi connectivity index (χ3n) is 3.24. The second-order valence-corrected chi connectivity index (χ2v) is 4.70. The molecule has 1 fully saturated rings. The van der Waals surface area contributed by atoms with Gasteiger partial charge in [-0.15, -0.1) is 0 Å². The maximum atomic E-state index is 11.5. The molecule has 0 aromatic heterocycles. The maximum Gasteiger partial charge on any atom is 0.323 e. The van der Waals surface area contributed by atoms with Crippen LogP contribution >= 0.6 is 0 Å². The van der Waals surface area contributed by atoms with Crippen LogP contribution in [-0.2, 0) is 9.53 Å². The van der Waals surface area contributed by atoms with Crippen molar-refractivity contribution in [3.63, 3.8) is 0 Å². The van der Waals surface area contributed by atoms with Gasteiger partial charge in [-0.3, -0.25) is 10.1 Å². The summed E-state index contributed by atoms with van der Waals surface area (Å²) in [4.78, 5) is 11.5. The van der Waals surface area contributed by atoms with Crippen molar-refractivity contribution in [2.24, 2.45) is 0 Å². The van der Waals surface area contributed by atoms with Crippen molar-refractivity contribution < 1.29 is 14.3 Å². The first-order valence-corrected chi connectivity index (χ1v) is 6.20. The molecule has 1 saturated heterocycles. The van der Waals surface area contributed by atoms with E-state index in [1.54, 1.807) is 7.11 Å². The summed E-state index contributed by atoms with van der Waals surface area (Å²) in [5.74, 6) is 0.683. The quantitative estimate of drug-likeness (QED) is 0.830. The van der Waals surface area contributed by atoms with Crippen molar-refractivity contribution in [3.8, 4) is 5.75 Å². The third kappa shape index (κ3) is 2.82. The van der Waals surface area contributed by atoms with Gasteiger partial charge in [0.05, 0.1) is 7.11 Å². The molecule has 2 rings (SSSR count). The number of ether oxygens (including phenoxy) is 2. The summed E-state index contributed by atoms with van der Waals surface area (Å²) in [5.41, 5.74) is 1.13. The van der Waals surface area contributed by atoms with E-state index >= 15 is 0 Å². The minimum absolute atomic E-state index is 0.0121. The fourth-order valence-electron chi connectivity index (χ4n) is 2.18. The number of hydrogen-bond donors (Lipinski definition) is 1. The van der Waals surface area contributed by atoms with Gasteiger partial charge in [-0.05, 0) is 31.5 Å². The average Bonchev–Trinajstić information content (AvgIpc) is 2.68. The van der Waals surface area contributed by atoms with E-state index in [2.05, 4.69) is 5.32 Å². The van der Waals surface area contributed by atoms with Crippen LogP contribution in [0.5, 0.6) is 5.75 Å². The standard InChI is InChI=1S/C14H19NO3/c1-9-8-13(14(16)18-9)15-10(2)11-4-6-12(17-3)7-5-11/h4-7,9-10,13,15H,8H2,1-3H3/t9-,10?,13?/m0/s1. The zero-order valence-electron chi connectivity index (χ0n) is 11.0. The Morgan fingerprint density at radius 3 is 2.56 bits per heavy atom. The predicted molar refractivity (Wildman–Crippen MR) is 68.5 cm³/mol. The number of methoxy groups -OCH3 is 1. The average molecular weight is 249 g/mol. The second kappa shape index (κ2) is 5.40. The monoisotopic (exact) mass is 249 g/mol. The molecule has 1 heterocycles. The molecule has 0 amide bonds. The number of carbonyl (C=O) groups excluding carboxylic acids is 1. The van der Waals surface area contributed by atoms with Crippen LogP contribution in [0.3, 0.4) is 0 Å². The number of hydrogen-bond acceptors (Lipinski definition) is 4. The molecule has 1 aliphatic rings. The molecule has 0 aliphatic carbocycles. The van der Waals surface area contributed by atoms with Gasteiger partial charge in [0, 0.05) is 12.5 Å². The van der Waals surface area contributed by atoms with Crippen LogP contribution in [0.1, 0.15) is 31.9 Å². The molecule has 1 aromatic rings. The molecule has 0 bridgehead atoms. The van der Waals surface area contributed by atoms with Gasteiger partial charge in [0.25, 0.3) is 0 Å². The van der Waals surface area contributed by atoms with E-state index in [1.165, 1.54) is 0 Å². The first kappa shape index (κ1) is 12.9. The SMILES string of the molecule is COc1ccc(C(C)NC2C[C@H](C)OC2=O)cc1. The molecular formula is C14H19NO3. The zero-order valence-corrected chi connectivity index (χ0v) is 11.0. The summed E-state index contributed by atoms with van der Waals surface area (Å²) in [7, 11) is 1.65. The second-order valence-electron chi connectivity index (χ2n) is 4.70. The molecule has 0 saturated carbocycles. The smallest absolute Gasteiger partial charge is 0.323 e. The van der Waals surface area contributed by atoms with E-state index in [4.69, 9.17) is 9.47 Å². The molecule has 4 nitrogen and oxygen atoms in total. The molecule has 4 heteroatoms. The normalized spacial score (nSPS) is 24.7. The molecule has 1 N–H and O–H groups in total. The van der Waals surface area contributed by atoms with E-state index < -0.39 is 0 Å². The predicted octanol–water partition coefficient (Wildman–Crippen LogP) is 2.05. The third-order valence-corrected chi connectivity index (χ3v) is 3.24. The van der Waals surface area contributed by atoms with Gasteiger partial charge in [0.2, 0.25) is 0 Å². The summed E-state index contributed by atoms with van der Waals surface area (Å²) in [6.45, 7) is 3.95. The Morgan fingerprint density at radius 1 is 1.39 bits per heavy atom. The van der Waals surface area contributed by atoms with Crippen molar-refractivity contribution in [1.29, 1.82) is 0 Å². The Bertz CT molecular complexity index is 416. The first-order chi connectivity index (χ1) is 8.60. The Kier molecular flexibility index (Phi) is 3.87. The van der Waals surface area contributed by atoms with Crippen LogP contribution in [0.4, 0.5) is 0 Å². The van der Waals surface area contributed by atoms with Gasteiger partial charge in [0.15, 0.2) is 0 Å². The molecule has 0 radical (unpaired) electrons. The van der Waals surface area contributed by atoms with E-state index in [0.717, 1.165) is 17.7 Å². The molecule has 18 heavy (non-hydrogen) atoms. The van der Waals surface area contributed by atoms with Gasteiger partial charge in [-0.1, -0.05) is 12.1 Å². The molecule has 1 aliphatic heterocycles. The van der Waals surface area contributed by atoms with Crippen LogP contribution in [0.2, 0.25) is 0 Å². The van der Waals surface area contributed by atoms with Crippen molar-refractivity contribution in [2.75, 3.05) is 7.11 Å². The highest BCUT2D eigenvalue weighted by molar-refractivity contribution is 5.78. The van der Waals surface area contributed by atoms with E-state index in [0.29, 0.717) is 0 Å². The molecule has 1 aromatic carbocycles. The summed E-state index contributed by atoms with van der Waals surface area (Å²) < 4.78 is 10.2. The van der Waals surface area contributed by atoms with Gasteiger partial charge in [-0.25, -0.2) is 0 Å². The summed E-state index contributed by atoms with van der Waals surface area (Å²) in [5, 5.41) is 3.30. The van der Waals surface area contributed by atoms with Crippen molar-refractivity contribution in [3.05, 3.63) is 29.8 Å². The minimum Gasteiger partial charge on any atom is -0.497 e. The number of esters is 1. The summed E-state index contributed by atoms with van der Waals surface area (Å²) in [6.07, 6.45) is 0.748. The van der Waals surface area contributed by atoms with Crippen molar-refractivity contribution in [2.45, 2.75) is 38.5 Å². The van der Waals surface area contributed by atoms with Crippen LogP contribution in [0.25, 0.3) is 0 Å². The van der Waals surface area contributed by atoms with Gasteiger partial charge in [0.1, 0.15) is 17.9 Å². The number of carbonyl (C=O) groups is 1. The fourth-order valence-corrected chi connectivity index (χ4v) is 2.18. The highest BCUT2D eigenvalue weighted by Crippen LogP contribution is 2.21. The summed E-state index contributed by atoms with van der Waals surface area (Å²) >= 11 is 0. The Balaban J connectivity index is 1.98. The number of benzene rings is 1. The lowest BCUT2D eigenvalue weighted by molar-refractivity contribution is -0.142. The Labute approximate surface area is 107 Å². The van der Waals surface area contributed by atoms with E-state index in [-0.39, 0.29) is 24.2 Å². The highest BCUT2D eigenvalue weighted by atomic mass is 16.6. The topological polar surface area (TPSA) is 47.6 Å². The zero-order chi connectivity index (χ0) is 13.1. The molecule has 3 atom stereocenters. The van der Waals surface area contributed by atoms with Gasteiger partial charge in [-0.2, -0.15) is 0 Å². The lowest BCUT2D eigenvalue weighted by Crippen LogP contribution is -2.35. The van der Waals surface area contributed by atoms with Crippen LogP contribution in [0, 0.1) is 0 Å². The molecule has 0 spiro atoms. The number of rotatable bonds is 4. The highest BCUT2D eigenvalue weighted by Gasteiger charge is 2.32. The Morgan fingerprint density at radius 2 is 2.06 bits per heavy atom. The van der Waals surface area contributed by atoms with E-state index in [9.17, 15) is 4.79 Å².